The summed E-state index contributed by atoms with van der Waals surface area (Å²) in [4.78, 5) is 16.8. The Morgan fingerprint density at radius 2 is 1.83 bits per heavy atom. The number of benzene rings is 2. The number of aromatic nitrogens is 1. The molecule has 2 heterocycles. The van der Waals surface area contributed by atoms with Gasteiger partial charge in [-0.1, -0.05) is 11.3 Å². The van der Waals surface area contributed by atoms with E-state index in [9.17, 15) is 13.2 Å². The van der Waals surface area contributed by atoms with Crippen LogP contribution in [0.3, 0.4) is 0 Å². The van der Waals surface area contributed by atoms with E-state index in [1.807, 2.05) is 0 Å². The fourth-order valence-corrected chi connectivity index (χ4v) is 5.71. The minimum atomic E-state index is -3.49. The number of rotatable bonds is 7. The van der Waals surface area contributed by atoms with Gasteiger partial charge in [-0.05, 0) is 55.3 Å². The molecule has 0 radical (unpaired) electrons. The van der Waals surface area contributed by atoms with Crippen LogP contribution in [0.15, 0.2) is 47.4 Å². The first-order valence-electron chi connectivity index (χ1n) is 9.43. The van der Waals surface area contributed by atoms with E-state index in [0.29, 0.717) is 39.9 Å². The summed E-state index contributed by atoms with van der Waals surface area (Å²) >= 11 is 1.23. The van der Waals surface area contributed by atoms with Crippen LogP contribution in [0.25, 0.3) is 10.2 Å². The molecule has 10 heteroatoms. The van der Waals surface area contributed by atoms with E-state index >= 15 is 0 Å². The summed E-state index contributed by atoms with van der Waals surface area (Å²) in [5, 5.41) is 3.09. The fraction of sp³-hybridized carbons (Fsp3) is 0.300. The van der Waals surface area contributed by atoms with Crippen LogP contribution in [0, 0.1) is 0 Å². The molecular formula is C20H21N3O5S2. The van der Waals surface area contributed by atoms with Crippen molar-refractivity contribution >= 4 is 42.6 Å². The molecule has 1 amide bonds. The second-order valence-electron chi connectivity index (χ2n) is 6.77. The monoisotopic (exact) mass is 447 g/mol. The minimum Gasteiger partial charge on any atom is -0.497 e. The first kappa shape index (κ1) is 20.6. The smallest absolute Gasteiger partial charge is 0.264 e. The number of ether oxygens (including phenoxy) is 2. The maximum absolute atomic E-state index is 12.7. The van der Waals surface area contributed by atoms with Crippen LogP contribution in [0.1, 0.15) is 12.8 Å². The molecule has 1 fully saturated rings. The van der Waals surface area contributed by atoms with Gasteiger partial charge in [0, 0.05) is 13.1 Å². The van der Waals surface area contributed by atoms with Crippen molar-refractivity contribution in [2.75, 3.05) is 32.1 Å². The molecule has 3 aromatic rings. The Labute approximate surface area is 178 Å². The number of thiazole rings is 1. The van der Waals surface area contributed by atoms with Gasteiger partial charge in [0.1, 0.15) is 11.5 Å². The summed E-state index contributed by atoms with van der Waals surface area (Å²) in [6.45, 7) is 0.938. The van der Waals surface area contributed by atoms with E-state index in [-0.39, 0.29) is 17.4 Å². The van der Waals surface area contributed by atoms with Crippen molar-refractivity contribution in [1.82, 2.24) is 9.29 Å². The second-order valence-corrected chi connectivity index (χ2v) is 9.74. The maximum Gasteiger partial charge on any atom is 0.264 e. The summed E-state index contributed by atoms with van der Waals surface area (Å²) < 4.78 is 38.2. The standard InChI is InChI=1S/C20H21N3O5S2/c1-27-14-4-6-15(7-5-14)28-13-19(24)22-20-21-17-9-8-16(12-18(17)29-20)30(25,26)23-10-2-3-11-23/h4-9,12H,2-3,10-11,13H2,1H3,(H,21,22,24). The Morgan fingerprint density at radius 3 is 2.53 bits per heavy atom. The van der Waals surface area contributed by atoms with Crippen LogP contribution in [-0.2, 0) is 14.8 Å². The zero-order valence-corrected chi connectivity index (χ0v) is 18.0. The molecule has 0 bridgehead atoms. The van der Waals surface area contributed by atoms with E-state index in [2.05, 4.69) is 10.3 Å². The Balaban J connectivity index is 1.42. The molecule has 0 unspecified atom stereocenters. The van der Waals surface area contributed by atoms with E-state index in [1.54, 1.807) is 49.6 Å². The summed E-state index contributed by atoms with van der Waals surface area (Å²) in [6.07, 6.45) is 1.77. The number of carbonyl (C=O) groups excluding carboxylic acids is 1. The van der Waals surface area contributed by atoms with Gasteiger partial charge >= 0.3 is 0 Å². The summed E-state index contributed by atoms with van der Waals surface area (Å²) in [7, 11) is -1.92. The number of nitrogens with zero attached hydrogens (tertiary/aromatic N) is 2. The Kier molecular flexibility index (Phi) is 5.89. The average Bonchev–Trinajstić information content (AvgIpc) is 3.42. The van der Waals surface area contributed by atoms with Crippen molar-refractivity contribution in [2.45, 2.75) is 17.7 Å². The third kappa shape index (κ3) is 4.40. The normalized spacial score (nSPS) is 14.7. The highest BCUT2D eigenvalue weighted by Crippen LogP contribution is 2.30. The lowest BCUT2D eigenvalue weighted by Gasteiger charge is -2.15. The largest absolute Gasteiger partial charge is 0.497 e. The third-order valence-electron chi connectivity index (χ3n) is 4.74. The highest BCUT2D eigenvalue weighted by atomic mass is 32.2. The van der Waals surface area contributed by atoms with Crippen LogP contribution in [-0.4, -0.2) is 50.4 Å². The number of hydrogen-bond donors (Lipinski definition) is 1. The predicted molar refractivity (Wildman–Crippen MR) is 115 cm³/mol. The Bertz CT molecular complexity index is 1150. The molecule has 1 saturated heterocycles. The Hall–Kier alpha value is -2.69. The quantitative estimate of drug-likeness (QED) is 0.598. The highest BCUT2D eigenvalue weighted by Gasteiger charge is 2.27. The first-order valence-corrected chi connectivity index (χ1v) is 11.7. The van der Waals surface area contributed by atoms with Crippen molar-refractivity contribution in [1.29, 1.82) is 0 Å². The fourth-order valence-electron chi connectivity index (χ4n) is 3.17. The van der Waals surface area contributed by atoms with E-state index in [4.69, 9.17) is 9.47 Å². The lowest BCUT2D eigenvalue weighted by atomic mass is 10.3. The van der Waals surface area contributed by atoms with Crippen molar-refractivity contribution in [3.05, 3.63) is 42.5 Å². The maximum atomic E-state index is 12.7. The number of amides is 1. The van der Waals surface area contributed by atoms with Gasteiger partial charge in [0.05, 0.1) is 22.2 Å². The third-order valence-corrected chi connectivity index (χ3v) is 7.57. The van der Waals surface area contributed by atoms with Crippen molar-refractivity contribution in [3.8, 4) is 11.5 Å². The van der Waals surface area contributed by atoms with Crippen molar-refractivity contribution in [3.63, 3.8) is 0 Å². The van der Waals surface area contributed by atoms with E-state index < -0.39 is 10.0 Å². The molecule has 4 rings (SSSR count). The lowest BCUT2D eigenvalue weighted by molar-refractivity contribution is -0.118. The predicted octanol–water partition coefficient (Wildman–Crippen LogP) is 3.11. The molecule has 0 aliphatic carbocycles. The van der Waals surface area contributed by atoms with Crippen LogP contribution in [0.5, 0.6) is 11.5 Å². The summed E-state index contributed by atoms with van der Waals surface area (Å²) in [5.74, 6) is 0.897. The molecule has 0 spiro atoms. The second kappa shape index (κ2) is 8.58. The topological polar surface area (TPSA) is 97.8 Å². The summed E-state index contributed by atoms with van der Waals surface area (Å²) in [5.41, 5.74) is 0.631. The minimum absolute atomic E-state index is 0.170. The van der Waals surface area contributed by atoms with Gasteiger partial charge in [-0.25, -0.2) is 13.4 Å². The van der Waals surface area contributed by atoms with Gasteiger partial charge in [0.15, 0.2) is 11.7 Å². The van der Waals surface area contributed by atoms with Crippen LogP contribution in [0.4, 0.5) is 5.13 Å². The molecular weight excluding hydrogens is 426 g/mol. The molecule has 30 heavy (non-hydrogen) atoms. The highest BCUT2D eigenvalue weighted by molar-refractivity contribution is 7.89. The molecule has 158 valence electrons. The van der Waals surface area contributed by atoms with Crippen LogP contribution >= 0.6 is 11.3 Å². The zero-order chi connectivity index (χ0) is 21.1. The first-order chi connectivity index (χ1) is 14.5. The molecule has 8 nitrogen and oxygen atoms in total. The van der Waals surface area contributed by atoms with Crippen LogP contribution in [0.2, 0.25) is 0 Å². The van der Waals surface area contributed by atoms with Crippen molar-refractivity contribution in [2.24, 2.45) is 0 Å². The van der Waals surface area contributed by atoms with Gasteiger partial charge in [-0.3, -0.25) is 10.1 Å². The molecule has 0 saturated carbocycles. The van der Waals surface area contributed by atoms with E-state index in [1.165, 1.54) is 15.6 Å². The Morgan fingerprint density at radius 1 is 1.13 bits per heavy atom. The number of hydrogen-bond acceptors (Lipinski definition) is 7. The molecule has 1 N–H and O–H groups in total. The lowest BCUT2D eigenvalue weighted by Crippen LogP contribution is -2.27. The summed E-state index contributed by atoms with van der Waals surface area (Å²) in [6, 6.07) is 11.8. The average molecular weight is 448 g/mol. The number of methoxy groups -OCH3 is 1. The zero-order valence-electron chi connectivity index (χ0n) is 16.3. The molecule has 0 atom stereocenters. The number of anilines is 1. The molecule has 1 aliphatic rings. The number of sulfonamides is 1. The number of fused-ring (bicyclic) bond motifs is 1. The van der Waals surface area contributed by atoms with Gasteiger partial charge < -0.3 is 9.47 Å². The van der Waals surface area contributed by atoms with Crippen LogP contribution < -0.4 is 14.8 Å². The number of carbonyl (C=O) groups is 1. The van der Waals surface area contributed by atoms with Gasteiger partial charge in [0.25, 0.3) is 5.91 Å². The molecule has 2 aromatic carbocycles. The van der Waals surface area contributed by atoms with Crippen molar-refractivity contribution < 1.29 is 22.7 Å². The number of nitrogens with one attached hydrogen (secondary N) is 1. The van der Waals surface area contributed by atoms with E-state index in [0.717, 1.165) is 12.8 Å². The van der Waals surface area contributed by atoms with Gasteiger partial charge in [0.2, 0.25) is 10.0 Å². The SMILES string of the molecule is COc1ccc(OCC(=O)Nc2nc3ccc(S(=O)(=O)N4CCCC4)cc3s2)cc1. The van der Waals surface area contributed by atoms with Gasteiger partial charge in [-0.15, -0.1) is 0 Å². The van der Waals surface area contributed by atoms with Gasteiger partial charge in [-0.2, -0.15) is 4.31 Å². The molecule has 1 aliphatic heterocycles. The molecule has 1 aromatic heterocycles.